The summed E-state index contributed by atoms with van der Waals surface area (Å²) in [5, 5.41) is 7.48. The van der Waals surface area contributed by atoms with Gasteiger partial charge in [-0.3, -0.25) is 4.99 Å². The number of nitrogens with zero attached hydrogens (tertiary/aromatic N) is 2. The maximum absolute atomic E-state index is 11.5. The predicted octanol–water partition coefficient (Wildman–Crippen LogP) is 3.04. The SMILES string of the molecule is CN=C(NCCc1cc(Cl)ccc1Br)NC1CCN(C(=O)OC)CC1. The summed E-state index contributed by atoms with van der Waals surface area (Å²) >= 11 is 9.59. The zero-order valence-electron chi connectivity index (χ0n) is 14.5. The van der Waals surface area contributed by atoms with E-state index < -0.39 is 0 Å². The highest BCUT2D eigenvalue weighted by molar-refractivity contribution is 9.10. The first-order valence-corrected chi connectivity index (χ1v) is 9.44. The minimum atomic E-state index is -0.256. The number of amides is 1. The van der Waals surface area contributed by atoms with Gasteiger partial charge in [0, 0.05) is 42.2 Å². The van der Waals surface area contributed by atoms with Crippen LogP contribution in [0.3, 0.4) is 0 Å². The molecule has 25 heavy (non-hydrogen) atoms. The number of hydrogen-bond acceptors (Lipinski definition) is 3. The van der Waals surface area contributed by atoms with Crippen LogP contribution in [0.1, 0.15) is 18.4 Å². The lowest BCUT2D eigenvalue weighted by Crippen LogP contribution is -2.50. The lowest BCUT2D eigenvalue weighted by Gasteiger charge is -2.32. The monoisotopic (exact) mass is 430 g/mol. The molecule has 1 fully saturated rings. The molecule has 0 spiro atoms. The van der Waals surface area contributed by atoms with Crippen LogP contribution in [-0.2, 0) is 11.2 Å². The van der Waals surface area contributed by atoms with Crippen molar-refractivity contribution in [1.29, 1.82) is 0 Å². The van der Waals surface area contributed by atoms with Crippen molar-refractivity contribution in [2.45, 2.75) is 25.3 Å². The fraction of sp³-hybridized carbons (Fsp3) is 0.529. The summed E-state index contributed by atoms with van der Waals surface area (Å²) < 4.78 is 5.81. The molecular weight excluding hydrogens is 408 g/mol. The van der Waals surface area contributed by atoms with E-state index in [1.165, 1.54) is 7.11 Å². The highest BCUT2D eigenvalue weighted by Gasteiger charge is 2.23. The highest BCUT2D eigenvalue weighted by atomic mass is 79.9. The third kappa shape index (κ3) is 6.08. The molecular formula is C17H24BrClN4O2. The number of rotatable bonds is 4. The second-order valence-corrected chi connectivity index (χ2v) is 7.15. The van der Waals surface area contributed by atoms with Crippen LogP contribution in [0.2, 0.25) is 5.02 Å². The van der Waals surface area contributed by atoms with Crippen molar-refractivity contribution in [3.05, 3.63) is 33.3 Å². The minimum absolute atomic E-state index is 0.256. The molecule has 2 rings (SSSR count). The Morgan fingerprint density at radius 2 is 2.16 bits per heavy atom. The Bertz CT molecular complexity index is 619. The first kappa shape index (κ1) is 19.8. The van der Waals surface area contributed by atoms with E-state index >= 15 is 0 Å². The van der Waals surface area contributed by atoms with E-state index in [1.54, 1.807) is 11.9 Å². The van der Waals surface area contributed by atoms with Gasteiger partial charge in [-0.2, -0.15) is 0 Å². The van der Waals surface area contributed by atoms with E-state index in [0.29, 0.717) is 19.1 Å². The van der Waals surface area contributed by atoms with E-state index in [0.717, 1.165) is 46.8 Å². The van der Waals surface area contributed by atoms with Crippen molar-refractivity contribution in [2.24, 2.45) is 4.99 Å². The molecule has 1 aromatic rings. The number of hydrogen-bond donors (Lipinski definition) is 2. The van der Waals surface area contributed by atoms with E-state index in [9.17, 15) is 4.79 Å². The second kappa shape index (κ2) is 9.87. The maximum Gasteiger partial charge on any atom is 0.409 e. The van der Waals surface area contributed by atoms with E-state index in [1.807, 2.05) is 18.2 Å². The molecule has 0 atom stereocenters. The maximum atomic E-state index is 11.5. The Morgan fingerprint density at radius 3 is 2.80 bits per heavy atom. The van der Waals surface area contributed by atoms with E-state index in [2.05, 4.69) is 31.6 Å². The zero-order valence-corrected chi connectivity index (χ0v) is 16.9. The Balaban J connectivity index is 1.76. The van der Waals surface area contributed by atoms with Crippen molar-refractivity contribution in [2.75, 3.05) is 33.8 Å². The van der Waals surface area contributed by atoms with Gasteiger partial charge in [0.05, 0.1) is 7.11 Å². The standard InChI is InChI=1S/C17H24BrClN4O2/c1-20-16(21-8-5-12-11-13(19)3-4-15(12)18)22-14-6-9-23(10-7-14)17(24)25-2/h3-4,11,14H,5-10H2,1-2H3,(H2,20,21,22). The van der Waals surface area contributed by atoms with Gasteiger partial charge in [0.2, 0.25) is 0 Å². The molecule has 6 nitrogen and oxygen atoms in total. The summed E-state index contributed by atoms with van der Waals surface area (Å²) in [6.07, 6.45) is 2.32. The van der Waals surface area contributed by atoms with Crippen LogP contribution in [0.25, 0.3) is 0 Å². The third-order valence-corrected chi connectivity index (χ3v) is 5.20. The number of ether oxygens (including phenoxy) is 1. The molecule has 0 unspecified atom stereocenters. The van der Waals surface area contributed by atoms with E-state index in [-0.39, 0.29) is 6.09 Å². The Hall–Kier alpha value is -1.47. The molecule has 0 radical (unpaired) electrons. The molecule has 1 aliphatic heterocycles. The highest BCUT2D eigenvalue weighted by Crippen LogP contribution is 2.21. The summed E-state index contributed by atoms with van der Waals surface area (Å²) in [7, 11) is 3.17. The van der Waals surface area contributed by atoms with Crippen LogP contribution in [0.5, 0.6) is 0 Å². The van der Waals surface area contributed by atoms with Crippen LogP contribution in [0.15, 0.2) is 27.7 Å². The number of piperidine rings is 1. The minimum Gasteiger partial charge on any atom is -0.453 e. The van der Waals surface area contributed by atoms with Crippen molar-refractivity contribution in [3.8, 4) is 0 Å². The summed E-state index contributed by atoms with van der Waals surface area (Å²) in [4.78, 5) is 17.5. The van der Waals surface area contributed by atoms with Crippen molar-refractivity contribution >= 4 is 39.6 Å². The number of benzene rings is 1. The van der Waals surface area contributed by atoms with Crippen LogP contribution >= 0.6 is 27.5 Å². The molecule has 1 heterocycles. The summed E-state index contributed by atoms with van der Waals surface area (Å²) in [5.41, 5.74) is 1.15. The molecule has 1 amide bonds. The lowest BCUT2D eigenvalue weighted by atomic mass is 10.1. The van der Waals surface area contributed by atoms with Gasteiger partial charge in [-0.05, 0) is 43.0 Å². The van der Waals surface area contributed by atoms with Crippen LogP contribution in [0, 0.1) is 0 Å². The topological polar surface area (TPSA) is 66.0 Å². The molecule has 0 aliphatic carbocycles. The third-order valence-electron chi connectivity index (χ3n) is 4.19. The summed E-state index contributed by atoms with van der Waals surface area (Å²) in [5.74, 6) is 0.773. The predicted molar refractivity (Wildman–Crippen MR) is 104 cm³/mol. The first-order valence-electron chi connectivity index (χ1n) is 8.27. The Labute approximate surface area is 162 Å². The molecule has 0 saturated carbocycles. The summed E-state index contributed by atoms with van der Waals surface area (Å²) in [6, 6.07) is 6.08. The van der Waals surface area contributed by atoms with Gasteiger partial charge < -0.3 is 20.3 Å². The molecule has 1 aliphatic rings. The van der Waals surface area contributed by atoms with Crippen LogP contribution < -0.4 is 10.6 Å². The first-order chi connectivity index (χ1) is 12.0. The average Bonchev–Trinajstić information content (AvgIpc) is 2.63. The fourth-order valence-electron chi connectivity index (χ4n) is 2.77. The van der Waals surface area contributed by atoms with Gasteiger partial charge in [0.25, 0.3) is 0 Å². The van der Waals surface area contributed by atoms with Gasteiger partial charge in [0.1, 0.15) is 0 Å². The van der Waals surface area contributed by atoms with E-state index in [4.69, 9.17) is 16.3 Å². The number of methoxy groups -OCH3 is 1. The van der Waals surface area contributed by atoms with Crippen molar-refractivity contribution < 1.29 is 9.53 Å². The molecule has 0 bridgehead atoms. The smallest absolute Gasteiger partial charge is 0.409 e. The number of nitrogens with one attached hydrogen (secondary N) is 2. The number of likely N-dealkylation sites (tertiary alicyclic amines) is 1. The van der Waals surface area contributed by atoms with Crippen LogP contribution in [0.4, 0.5) is 4.79 Å². The van der Waals surface area contributed by atoms with Crippen molar-refractivity contribution in [3.63, 3.8) is 0 Å². The van der Waals surface area contributed by atoms with Gasteiger partial charge in [-0.25, -0.2) is 4.79 Å². The Kier molecular flexibility index (Phi) is 7.84. The zero-order chi connectivity index (χ0) is 18.2. The van der Waals surface area contributed by atoms with Crippen LogP contribution in [-0.4, -0.2) is 56.8 Å². The molecule has 2 N–H and O–H groups in total. The largest absolute Gasteiger partial charge is 0.453 e. The molecule has 0 aromatic heterocycles. The number of aliphatic imine (C=N–C) groups is 1. The Morgan fingerprint density at radius 1 is 1.44 bits per heavy atom. The molecule has 1 saturated heterocycles. The number of halogens is 2. The second-order valence-electron chi connectivity index (χ2n) is 5.86. The molecule has 1 aromatic carbocycles. The average molecular weight is 432 g/mol. The quantitative estimate of drug-likeness (QED) is 0.568. The van der Waals surface area contributed by atoms with Gasteiger partial charge in [-0.15, -0.1) is 0 Å². The molecule has 138 valence electrons. The van der Waals surface area contributed by atoms with Crippen molar-refractivity contribution in [1.82, 2.24) is 15.5 Å². The number of carbonyl (C=O) groups is 1. The number of carbonyl (C=O) groups excluding carboxylic acids is 1. The van der Waals surface area contributed by atoms with Gasteiger partial charge in [-0.1, -0.05) is 27.5 Å². The van der Waals surface area contributed by atoms with Gasteiger partial charge >= 0.3 is 6.09 Å². The number of guanidine groups is 1. The molecule has 8 heteroatoms. The summed E-state index contributed by atoms with van der Waals surface area (Å²) in [6.45, 7) is 2.13. The normalized spacial score (nSPS) is 15.8. The lowest BCUT2D eigenvalue weighted by molar-refractivity contribution is 0.111. The fourth-order valence-corrected chi connectivity index (χ4v) is 3.41. The van der Waals surface area contributed by atoms with Gasteiger partial charge in [0.15, 0.2) is 5.96 Å².